The first kappa shape index (κ1) is 16.1. The van der Waals surface area contributed by atoms with Crippen molar-refractivity contribution in [2.75, 3.05) is 18.5 Å². The lowest BCUT2D eigenvalue weighted by Gasteiger charge is -2.25. The summed E-state index contributed by atoms with van der Waals surface area (Å²) < 4.78 is 15.1. The molecule has 0 saturated carbocycles. The van der Waals surface area contributed by atoms with Gasteiger partial charge in [-0.05, 0) is 25.7 Å². The average Bonchev–Trinajstić information content (AvgIpc) is 3.06. The van der Waals surface area contributed by atoms with E-state index in [4.69, 9.17) is 19.8 Å². The number of nitrogens with zero attached hydrogens (tertiary/aromatic N) is 4. The van der Waals surface area contributed by atoms with Crippen LogP contribution in [0, 0.1) is 11.5 Å². The molecule has 2 aliphatic rings. The number of nitrogens with one attached hydrogen (secondary N) is 1. The minimum atomic E-state index is 0.0317. The van der Waals surface area contributed by atoms with Crippen LogP contribution < -0.4 is 9.88 Å². The molecule has 4 rings (SSSR count). The molecule has 1 unspecified atom stereocenters. The average molecular weight is 340 g/mol. The highest BCUT2D eigenvalue weighted by Gasteiger charge is 2.26. The molecular weight excluding hydrogens is 318 g/mol. The van der Waals surface area contributed by atoms with Crippen molar-refractivity contribution in [3.63, 3.8) is 0 Å². The van der Waals surface area contributed by atoms with E-state index in [-0.39, 0.29) is 6.23 Å². The van der Waals surface area contributed by atoms with Crippen LogP contribution in [-0.2, 0) is 29.0 Å². The molecule has 7 heteroatoms. The fourth-order valence-electron chi connectivity index (χ4n) is 3.43. The van der Waals surface area contributed by atoms with Crippen LogP contribution >= 0.6 is 0 Å². The number of anilines is 1. The van der Waals surface area contributed by atoms with Gasteiger partial charge in [0.25, 0.3) is 0 Å². The summed E-state index contributed by atoms with van der Waals surface area (Å²) in [6, 6.07) is 3.78. The summed E-state index contributed by atoms with van der Waals surface area (Å²) >= 11 is 0. The van der Waals surface area contributed by atoms with E-state index in [1.807, 2.05) is 16.8 Å². The minimum Gasteiger partial charge on any atom is -0.379 e. The Morgan fingerprint density at radius 3 is 2.96 bits per heavy atom. The standard InChI is InChI=1S/C18H21N5O2/c19-13-22-7-4-14(5-8-22)20-11-16-15-6-10-24-12-17(15)23(21-16)18-3-1-2-9-25-18/h4-5,7-8,18H,1-3,6,9-12H2/p+1. The maximum atomic E-state index is 8.85. The molecule has 0 spiro atoms. The van der Waals surface area contributed by atoms with Gasteiger partial charge in [-0.1, -0.05) is 0 Å². The number of pyridine rings is 1. The smallest absolute Gasteiger partial charge is 0.379 e. The van der Waals surface area contributed by atoms with E-state index in [9.17, 15) is 0 Å². The first-order valence-electron chi connectivity index (χ1n) is 8.79. The van der Waals surface area contributed by atoms with Gasteiger partial charge >= 0.3 is 6.19 Å². The molecule has 1 saturated heterocycles. The van der Waals surface area contributed by atoms with Gasteiger partial charge in [0.05, 0.1) is 31.1 Å². The molecule has 25 heavy (non-hydrogen) atoms. The van der Waals surface area contributed by atoms with Crippen LogP contribution in [0.2, 0.25) is 0 Å². The fraction of sp³-hybridized carbons (Fsp3) is 0.500. The van der Waals surface area contributed by atoms with Crippen LogP contribution in [0.15, 0.2) is 24.5 Å². The molecule has 1 atom stereocenters. The van der Waals surface area contributed by atoms with Gasteiger partial charge in [0, 0.05) is 30.0 Å². The van der Waals surface area contributed by atoms with Gasteiger partial charge in [0.1, 0.15) is 12.4 Å². The molecule has 2 aromatic heterocycles. The molecule has 2 aliphatic heterocycles. The maximum Gasteiger partial charge on any atom is 0.463 e. The summed E-state index contributed by atoms with van der Waals surface area (Å²) in [7, 11) is 0. The van der Waals surface area contributed by atoms with E-state index >= 15 is 0 Å². The third-order valence-electron chi connectivity index (χ3n) is 4.77. The first-order valence-corrected chi connectivity index (χ1v) is 8.79. The van der Waals surface area contributed by atoms with Crippen LogP contribution in [-0.4, -0.2) is 23.0 Å². The van der Waals surface area contributed by atoms with Gasteiger partial charge in [-0.3, -0.25) is 0 Å². The van der Waals surface area contributed by atoms with Gasteiger partial charge in [-0.15, -0.1) is 4.57 Å². The third kappa shape index (κ3) is 3.36. The van der Waals surface area contributed by atoms with Gasteiger partial charge in [-0.25, -0.2) is 4.68 Å². The molecule has 130 valence electrons. The van der Waals surface area contributed by atoms with E-state index in [0.29, 0.717) is 13.2 Å². The molecule has 0 aliphatic carbocycles. The second kappa shape index (κ2) is 7.21. The van der Waals surface area contributed by atoms with Gasteiger partial charge in [0.2, 0.25) is 0 Å². The number of fused-ring (bicyclic) bond motifs is 1. The van der Waals surface area contributed by atoms with E-state index in [1.54, 1.807) is 12.4 Å². The van der Waals surface area contributed by atoms with E-state index in [0.717, 1.165) is 49.6 Å². The molecule has 0 radical (unpaired) electrons. The fourth-order valence-corrected chi connectivity index (χ4v) is 3.43. The first-order chi connectivity index (χ1) is 12.3. The van der Waals surface area contributed by atoms with Crippen LogP contribution in [0.4, 0.5) is 5.69 Å². The minimum absolute atomic E-state index is 0.0317. The summed E-state index contributed by atoms with van der Waals surface area (Å²) in [5.74, 6) is 0. The Hall–Kier alpha value is -2.43. The van der Waals surface area contributed by atoms with Crippen molar-refractivity contribution in [3.8, 4) is 6.19 Å². The lowest BCUT2D eigenvalue weighted by molar-refractivity contribution is -0.586. The third-order valence-corrected chi connectivity index (χ3v) is 4.77. The Morgan fingerprint density at radius 2 is 2.20 bits per heavy atom. The summed E-state index contributed by atoms with van der Waals surface area (Å²) in [5, 5.41) is 17.1. The van der Waals surface area contributed by atoms with E-state index < -0.39 is 0 Å². The summed E-state index contributed by atoms with van der Waals surface area (Å²) in [6.07, 6.45) is 9.76. The summed E-state index contributed by atoms with van der Waals surface area (Å²) in [5.41, 5.74) is 4.47. The van der Waals surface area contributed by atoms with Gasteiger partial charge < -0.3 is 14.8 Å². The number of aromatic nitrogens is 3. The van der Waals surface area contributed by atoms with Crippen LogP contribution in [0.5, 0.6) is 0 Å². The Kier molecular flexibility index (Phi) is 4.63. The van der Waals surface area contributed by atoms with Crippen molar-refractivity contribution >= 4 is 5.69 Å². The molecule has 7 nitrogen and oxygen atoms in total. The number of ether oxygens (including phenoxy) is 2. The quantitative estimate of drug-likeness (QED) is 0.860. The molecule has 1 N–H and O–H groups in total. The number of nitriles is 1. The lowest BCUT2D eigenvalue weighted by Crippen LogP contribution is -2.25. The van der Waals surface area contributed by atoms with Crippen molar-refractivity contribution in [2.24, 2.45) is 0 Å². The van der Waals surface area contributed by atoms with Gasteiger partial charge in [-0.2, -0.15) is 5.10 Å². The number of hydrogen-bond donors (Lipinski definition) is 1. The molecule has 0 aromatic carbocycles. The highest BCUT2D eigenvalue weighted by atomic mass is 16.5. The topological polar surface area (TPSA) is 76.0 Å². The molecule has 4 heterocycles. The Bertz CT molecular complexity index is 772. The zero-order valence-corrected chi connectivity index (χ0v) is 14.1. The highest BCUT2D eigenvalue weighted by Crippen LogP contribution is 2.29. The summed E-state index contributed by atoms with van der Waals surface area (Å²) in [6.45, 7) is 2.80. The molecule has 0 amide bonds. The zero-order valence-electron chi connectivity index (χ0n) is 14.1. The maximum absolute atomic E-state index is 8.85. The van der Waals surface area contributed by atoms with Crippen molar-refractivity contribution < 1.29 is 14.0 Å². The molecule has 1 fully saturated rings. The Morgan fingerprint density at radius 1 is 1.32 bits per heavy atom. The number of hydrogen-bond acceptors (Lipinski definition) is 5. The second-order valence-corrected chi connectivity index (χ2v) is 6.39. The lowest BCUT2D eigenvalue weighted by atomic mass is 10.1. The monoisotopic (exact) mass is 340 g/mol. The van der Waals surface area contributed by atoms with Crippen molar-refractivity contribution in [2.45, 2.75) is 45.1 Å². The van der Waals surface area contributed by atoms with Gasteiger partial charge in [0.15, 0.2) is 11.5 Å². The predicted octanol–water partition coefficient (Wildman–Crippen LogP) is 1.88. The predicted molar refractivity (Wildman–Crippen MR) is 89.4 cm³/mol. The normalized spacial score (nSPS) is 19.9. The van der Waals surface area contributed by atoms with Crippen molar-refractivity contribution in [3.05, 3.63) is 41.5 Å². The SMILES string of the molecule is N#C[n+]1ccc(NCc2nn(C3CCCCO3)c3c2CCOC3)cc1. The number of rotatable bonds is 4. The molecular formula is C18H22N5O2+. The van der Waals surface area contributed by atoms with Crippen LogP contribution in [0.1, 0.15) is 42.4 Å². The van der Waals surface area contributed by atoms with Crippen molar-refractivity contribution in [1.29, 1.82) is 5.26 Å². The van der Waals surface area contributed by atoms with Crippen LogP contribution in [0.25, 0.3) is 0 Å². The Balaban J connectivity index is 1.54. The van der Waals surface area contributed by atoms with E-state index in [2.05, 4.69) is 11.5 Å². The zero-order chi connectivity index (χ0) is 17.1. The van der Waals surface area contributed by atoms with E-state index in [1.165, 1.54) is 16.6 Å². The molecule has 2 aromatic rings. The van der Waals surface area contributed by atoms with Crippen LogP contribution in [0.3, 0.4) is 0 Å². The highest BCUT2D eigenvalue weighted by molar-refractivity contribution is 5.41. The van der Waals surface area contributed by atoms with Crippen molar-refractivity contribution in [1.82, 2.24) is 9.78 Å². The molecule has 0 bridgehead atoms. The Labute approximate surface area is 146 Å². The summed E-state index contributed by atoms with van der Waals surface area (Å²) in [4.78, 5) is 0. The second-order valence-electron chi connectivity index (χ2n) is 6.39. The largest absolute Gasteiger partial charge is 0.463 e.